The van der Waals surface area contributed by atoms with Gasteiger partial charge in [-0.25, -0.2) is 14.2 Å². The highest BCUT2D eigenvalue weighted by atomic mass is 32.1. The van der Waals surface area contributed by atoms with E-state index in [-0.39, 0.29) is 23.5 Å². The Balaban J connectivity index is 1.39. The molecule has 198 valence electrons. The van der Waals surface area contributed by atoms with Gasteiger partial charge in [0.15, 0.2) is 11.6 Å². The van der Waals surface area contributed by atoms with Gasteiger partial charge in [-0.3, -0.25) is 15.1 Å². The number of hydrogen-bond donors (Lipinski definition) is 1. The molecule has 0 bridgehead atoms. The van der Waals surface area contributed by atoms with Gasteiger partial charge in [-0.2, -0.15) is 0 Å². The lowest BCUT2D eigenvalue weighted by Crippen LogP contribution is -2.42. The maximum Gasteiger partial charge on any atom is 0.318 e. The predicted octanol–water partition coefficient (Wildman–Crippen LogP) is 4.86. The first kappa shape index (κ1) is 25.5. The van der Waals surface area contributed by atoms with Crippen LogP contribution < -0.4 is 10.1 Å². The highest BCUT2D eigenvalue weighted by Gasteiger charge is 2.26. The van der Waals surface area contributed by atoms with Crippen LogP contribution >= 0.6 is 11.3 Å². The van der Waals surface area contributed by atoms with Gasteiger partial charge in [0, 0.05) is 45.1 Å². The van der Waals surface area contributed by atoms with Crippen LogP contribution in [0, 0.1) is 15.9 Å². The number of benzene rings is 1. The topological polar surface area (TPSA) is 125 Å². The van der Waals surface area contributed by atoms with E-state index in [2.05, 4.69) is 15.3 Å². The number of aromatic nitrogens is 3. The number of carbonyl (C=O) groups is 1. The van der Waals surface area contributed by atoms with E-state index in [1.54, 1.807) is 30.5 Å². The molecule has 4 aromatic rings. The Kier molecular flexibility index (Phi) is 7.20. The third kappa shape index (κ3) is 5.43. The normalized spacial score (nSPS) is 13.0. The molecule has 1 aliphatic carbocycles. The Morgan fingerprint density at radius 1 is 1.29 bits per heavy atom. The van der Waals surface area contributed by atoms with Crippen LogP contribution in [0.4, 0.5) is 14.9 Å². The van der Waals surface area contributed by atoms with Crippen molar-refractivity contribution in [2.75, 3.05) is 20.3 Å². The zero-order chi connectivity index (χ0) is 26.8. The van der Waals surface area contributed by atoms with Gasteiger partial charge in [0.2, 0.25) is 0 Å². The number of non-ortho nitro benzene ring substituents is 1. The van der Waals surface area contributed by atoms with Crippen LogP contribution in [0.15, 0.2) is 42.7 Å². The molecule has 5 rings (SSSR count). The van der Waals surface area contributed by atoms with Gasteiger partial charge < -0.3 is 24.3 Å². The molecular formula is C25H25FN6O5S. The minimum atomic E-state index is -0.835. The first-order valence-electron chi connectivity index (χ1n) is 11.9. The third-order valence-electron chi connectivity index (χ3n) is 6.14. The van der Waals surface area contributed by atoms with Gasteiger partial charge >= 0.3 is 6.03 Å². The number of urea groups is 1. The molecule has 1 fully saturated rings. The number of nitrogens with zero attached hydrogens (tertiary/aromatic N) is 5. The van der Waals surface area contributed by atoms with Crippen LogP contribution in [0.1, 0.15) is 18.5 Å². The molecule has 0 radical (unpaired) electrons. The highest BCUT2D eigenvalue weighted by Crippen LogP contribution is 2.39. The first-order valence-corrected chi connectivity index (χ1v) is 12.7. The number of fused-ring (bicyclic) bond motifs is 1. The molecule has 3 aromatic heterocycles. The SMILES string of the molecule is COCCN(Cc1cnc(-c2cc3nccc(Oc4ccc([N+](=O)[O-])cc4F)c3s2)n1C)C(=O)NC1CC1. The van der Waals surface area contributed by atoms with E-state index in [0.29, 0.717) is 41.5 Å². The van der Waals surface area contributed by atoms with Crippen LogP contribution in [0.3, 0.4) is 0 Å². The predicted molar refractivity (Wildman–Crippen MR) is 139 cm³/mol. The number of halogens is 1. The smallest absolute Gasteiger partial charge is 0.318 e. The fourth-order valence-corrected chi connectivity index (χ4v) is 4.97. The Bertz CT molecular complexity index is 1500. The lowest BCUT2D eigenvalue weighted by Gasteiger charge is -2.23. The molecular weight excluding hydrogens is 515 g/mol. The largest absolute Gasteiger partial charge is 0.453 e. The van der Waals surface area contributed by atoms with Crippen molar-refractivity contribution in [1.29, 1.82) is 0 Å². The second-order valence-electron chi connectivity index (χ2n) is 8.88. The van der Waals surface area contributed by atoms with E-state index in [4.69, 9.17) is 9.47 Å². The molecule has 1 N–H and O–H groups in total. The molecule has 0 spiro atoms. The average molecular weight is 541 g/mol. The number of amides is 2. The lowest BCUT2D eigenvalue weighted by atomic mass is 10.3. The van der Waals surface area contributed by atoms with Gasteiger partial charge in [-0.1, -0.05) is 0 Å². The van der Waals surface area contributed by atoms with Gasteiger partial charge in [0.05, 0.1) is 51.1 Å². The van der Waals surface area contributed by atoms with Crippen molar-refractivity contribution in [1.82, 2.24) is 24.8 Å². The van der Waals surface area contributed by atoms with Crippen molar-refractivity contribution in [2.24, 2.45) is 7.05 Å². The number of nitro groups is 1. The Hall–Kier alpha value is -4.10. The van der Waals surface area contributed by atoms with Crippen molar-refractivity contribution in [3.8, 4) is 22.2 Å². The number of imidazole rings is 1. The van der Waals surface area contributed by atoms with Crippen molar-refractivity contribution in [2.45, 2.75) is 25.4 Å². The minimum absolute atomic E-state index is 0.126. The van der Waals surface area contributed by atoms with E-state index in [1.807, 2.05) is 17.7 Å². The maximum absolute atomic E-state index is 14.4. The number of ether oxygens (including phenoxy) is 2. The van der Waals surface area contributed by atoms with E-state index in [1.165, 1.54) is 23.5 Å². The minimum Gasteiger partial charge on any atom is -0.453 e. The summed E-state index contributed by atoms with van der Waals surface area (Å²) < 4.78 is 28.0. The second kappa shape index (κ2) is 10.7. The summed E-state index contributed by atoms with van der Waals surface area (Å²) in [5.74, 6) is 0.0945. The Morgan fingerprint density at radius 3 is 2.82 bits per heavy atom. The lowest BCUT2D eigenvalue weighted by molar-refractivity contribution is -0.385. The standard InChI is InChI=1S/C25H25FN6O5S/c1-30-17(14-31(9-10-36-2)25(33)29-15-3-4-15)13-28-24(30)22-12-19-23(38-22)21(7-8-27-19)37-20-6-5-16(32(34)35)11-18(20)26/h5-8,11-13,15H,3-4,9-10,14H2,1-2H3,(H,29,33). The zero-order valence-corrected chi connectivity index (χ0v) is 21.5. The van der Waals surface area contributed by atoms with Crippen LogP contribution in [-0.4, -0.2) is 56.7 Å². The third-order valence-corrected chi connectivity index (χ3v) is 7.27. The van der Waals surface area contributed by atoms with E-state index in [0.717, 1.165) is 29.5 Å². The highest BCUT2D eigenvalue weighted by molar-refractivity contribution is 7.22. The molecule has 11 nitrogen and oxygen atoms in total. The van der Waals surface area contributed by atoms with Gasteiger partial charge in [0.1, 0.15) is 11.6 Å². The molecule has 0 unspecified atom stereocenters. The van der Waals surface area contributed by atoms with Gasteiger partial charge in [0.25, 0.3) is 5.69 Å². The van der Waals surface area contributed by atoms with E-state index < -0.39 is 10.7 Å². The van der Waals surface area contributed by atoms with Crippen molar-refractivity contribution < 1.29 is 23.6 Å². The van der Waals surface area contributed by atoms with Crippen LogP contribution in [0.25, 0.3) is 20.9 Å². The molecule has 1 saturated carbocycles. The van der Waals surface area contributed by atoms with Crippen molar-refractivity contribution in [3.05, 3.63) is 64.4 Å². The molecule has 0 aliphatic heterocycles. The number of nitrogens with one attached hydrogen (secondary N) is 1. The number of hydrogen-bond acceptors (Lipinski definition) is 8. The second-order valence-corrected chi connectivity index (χ2v) is 9.93. The Morgan fingerprint density at radius 2 is 2.11 bits per heavy atom. The molecule has 0 atom stereocenters. The van der Waals surface area contributed by atoms with E-state index >= 15 is 0 Å². The van der Waals surface area contributed by atoms with E-state index in [9.17, 15) is 19.3 Å². The molecule has 13 heteroatoms. The molecule has 0 saturated heterocycles. The molecule has 2 amide bonds. The summed E-state index contributed by atoms with van der Waals surface area (Å²) in [5, 5.41) is 13.9. The number of carbonyl (C=O) groups excluding carboxylic acids is 1. The van der Waals surface area contributed by atoms with Gasteiger partial charge in [-0.05, 0) is 25.0 Å². The summed E-state index contributed by atoms with van der Waals surface area (Å²) >= 11 is 1.38. The fraction of sp³-hybridized carbons (Fsp3) is 0.320. The Labute approximate surface area is 221 Å². The quantitative estimate of drug-likeness (QED) is 0.225. The molecule has 38 heavy (non-hydrogen) atoms. The maximum atomic E-state index is 14.4. The summed E-state index contributed by atoms with van der Waals surface area (Å²) in [6.45, 7) is 1.23. The summed E-state index contributed by atoms with van der Waals surface area (Å²) in [4.78, 5) is 34.5. The molecule has 1 aromatic carbocycles. The van der Waals surface area contributed by atoms with Crippen molar-refractivity contribution in [3.63, 3.8) is 0 Å². The number of methoxy groups -OCH3 is 1. The summed E-state index contributed by atoms with van der Waals surface area (Å²) in [7, 11) is 3.48. The number of pyridine rings is 1. The van der Waals surface area contributed by atoms with Crippen molar-refractivity contribution >= 4 is 33.3 Å². The van der Waals surface area contributed by atoms with Crippen LogP contribution in [-0.2, 0) is 18.3 Å². The summed E-state index contributed by atoms with van der Waals surface area (Å²) in [6, 6.07) is 6.84. The van der Waals surface area contributed by atoms with Crippen LogP contribution in [0.5, 0.6) is 11.5 Å². The monoisotopic (exact) mass is 540 g/mol. The fourth-order valence-electron chi connectivity index (χ4n) is 3.87. The number of rotatable bonds is 10. The molecule has 3 heterocycles. The summed E-state index contributed by atoms with van der Waals surface area (Å²) in [6.07, 6.45) is 5.29. The zero-order valence-electron chi connectivity index (χ0n) is 20.7. The van der Waals surface area contributed by atoms with Crippen LogP contribution in [0.2, 0.25) is 0 Å². The number of nitro benzene ring substituents is 1. The number of thiophene rings is 1. The average Bonchev–Trinajstić information content (AvgIpc) is 3.48. The molecule has 1 aliphatic rings. The summed E-state index contributed by atoms with van der Waals surface area (Å²) in [5.41, 5.74) is 1.13. The van der Waals surface area contributed by atoms with Gasteiger partial charge in [-0.15, -0.1) is 11.3 Å². The first-order chi connectivity index (χ1) is 18.3.